The van der Waals surface area contributed by atoms with Crippen LogP contribution in [0.1, 0.15) is 21.7 Å². The quantitative estimate of drug-likeness (QED) is 0.561. The molecule has 0 saturated heterocycles. The van der Waals surface area contributed by atoms with Gasteiger partial charge >= 0.3 is 5.97 Å². The predicted molar refractivity (Wildman–Crippen MR) is 99.0 cm³/mol. The number of benzene rings is 2. The second-order valence-corrected chi connectivity index (χ2v) is 6.35. The van der Waals surface area contributed by atoms with Crippen molar-refractivity contribution in [1.29, 1.82) is 0 Å². The van der Waals surface area contributed by atoms with Gasteiger partial charge in [-0.05, 0) is 29.8 Å². The molecule has 0 aliphatic carbocycles. The van der Waals surface area contributed by atoms with Gasteiger partial charge in [0, 0.05) is 10.5 Å². The molecule has 0 spiro atoms. The van der Waals surface area contributed by atoms with Crippen molar-refractivity contribution in [2.24, 2.45) is 0 Å². The Hall–Kier alpha value is -2.86. The van der Waals surface area contributed by atoms with E-state index in [1.54, 1.807) is 24.3 Å². The van der Waals surface area contributed by atoms with E-state index in [0.29, 0.717) is 5.56 Å². The van der Waals surface area contributed by atoms with Crippen molar-refractivity contribution in [2.75, 3.05) is 0 Å². The Labute approximate surface area is 158 Å². The van der Waals surface area contributed by atoms with Gasteiger partial charge in [-0.15, -0.1) is 0 Å². The SMILES string of the molecule is O=C(OCc1cc(=O)c(OCc2ccccc2)co1)c1ccc(Br)cc1. The summed E-state index contributed by atoms with van der Waals surface area (Å²) in [5, 5.41) is 0. The number of carbonyl (C=O) groups is 1. The van der Waals surface area contributed by atoms with Crippen LogP contribution in [0.15, 0.2) is 80.6 Å². The minimum atomic E-state index is -0.496. The highest BCUT2D eigenvalue weighted by atomic mass is 79.9. The lowest BCUT2D eigenvalue weighted by Crippen LogP contribution is -2.10. The van der Waals surface area contributed by atoms with Crippen LogP contribution in [-0.2, 0) is 18.0 Å². The lowest BCUT2D eigenvalue weighted by Gasteiger charge is -2.07. The molecule has 0 aliphatic heterocycles. The molecule has 3 aromatic rings. The van der Waals surface area contributed by atoms with E-state index in [9.17, 15) is 9.59 Å². The first kappa shape index (κ1) is 17.9. The summed E-state index contributed by atoms with van der Waals surface area (Å²) in [4.78, 5) is 24.0. The largest absolute Gasteiger partial charge is 0.482 e. The third kappa shape index (κ3) is 4.83. The molecule has 0 bridgehead atoms. The Balaban J connectivity index is 1.58. The average Bonchev–Trinajstić information content (AvgIpc) is 2.67. The summed E-state index contributed by atoms with van der Waals surface area (Å²) >= 11 is 3.30. The van der Waals surface area contributed by atoms with Crippen LogP contribution in [-0.4, -0.2) is 5.97 Å². The Bertz CT molecular complexity index is 932. The van der Waals surface area contributed by atoms with Crippen LogP contribution in [0.3, 0.4) is 0 Å². The van der Waals surface area contributed by atoms with E-state index in [-0.39, 0.29) is 30.2 Å². The summed E-state index contributed by atoms with van der Waals surface area (Å²) in [6.45, 7) is 0.132. The van der Waals surface area contributed by atoms with Crippen LogP contribution in [0.5, 0.6) is 5.75 Å². The van der Waals surface area contributed by atoms with Gasteiger partial charge < -0.3 is 13.9 Å². The van der Waals surface area contributed by atoms with Gasteiger partial charge in [-0.3, -0.25) is 4.79 Å². The first-order valence-corrected chi connectivity index (χ1v) is 8.62. The molecule has 0 unspecified atom stereocenters. The number of hydrogen-bond acceptors (Lipinski definition) is 5. The molecule has 1 aromatic heterocycles. The first-order chi connectivity index (χ1) is 12.6. The van der Waals surface area contributed by atoms with Gasteiger partial charge in [-0.2, -0.15) is 0 Å². The number of hydrogen-bond donors (Lipinski definition) is 0. The molecule has 1 heterocycles. The Morgan fingerprint density at radius 1 is 1.00 bits per heavy atom. The summed E-state index contributed by atoms with van der Waals surface area (Å²) in [6, 6.07) is 17.5. The fraction of sp³-hybridized carbons (Fsp3) is 0.100. The molecule has 0 fully saturated rings. The Morgan fingerprint density at radius 3 is 2.42 bits per heavy atom. The van der Waals surface area contributed by atoms with E-state index in [0.717, 1.165) is 10.0 Å². The molecule has 0 atom stereocenters. The summed E-state index contributed by atoms with van der Waals surface area (Å²) in [7, 11) is 0. The smallest absolute Gasteiger partial charge is 0.338 e. The summed E-state index contributed by atoms with van der Waals surface area (Å²) < 4.78 is 16.8. The zero-order valence-electron chi connectivity index (χ0n) is 13.7. The highest BCUT2D eigenvalue weighted by Crippen LogP contribution is 2.13. The number of carbonyl (C=O) groups excluding carboxylic acids is 1. The van der Waals surface area contributed by atoms with E-state index in [1.165, 1.54) is 12.3 Å². The molecule has 2 aromatic carbocycles. The van der Waals surface area contributed by atoms with Crippen LogP contribution in [0, 0.1) is 0 Å². The number of esters is 1. The van der Waals surface area contributed by atoms with Gasteiger partial charge in [-0.25, -0.2) is 4.79 Å². The number of rotatable bonds is 6. The first-order valence-electron chi connectivity index (χ1n) is 7.83. The number of ether oxygens (including phenoxy) is 2. The highest BCUT2D eigenvalue weighted by molar-refractivity contribution is 9.10. The van der Waals surface area contributed by atoms with Crippen molar-refractivity contribution >= 4 is 21.9 Å². The van der Waals surface area contributed by atoms with Crippen molar-refractivity contribution in [2.45, 2.75) is 13.2 Å². The van der Waals surface area contributed by atoms with Gasteiger partial charge in [0.2, 0.25) is 11.2 Å². The standard InChI is InChI=1S/C20H15BrO5/c21-16-8-6-15(7-9-16)20(23)26-12-17-10-18(22)19(13-24-17)25-11-14-4-2-1-3-5-14/h1-10,13H,11-12H2. The fourth-order valence-corrected chi connectivity index (χ4v) is 2.43. The zero-order chi connectivity index (χ0) is 18.4. The predicted octanol–water partition coefficient (Wildman–Crippen LogP) is 4.34. The molecule has 0 saturated carbocycles. The van der Waals surface area contributed by atoms with Crippen molar-refractivity contribution in [1.82, 2.24) is 0 Å². The van der Waals surface area contributed by atoms with Crippen LogP contribution >= 0.6 is 15.9 Å². The molecule has 0 radical (unpaired) electrons. The molecule has 5 nitrogen and oxygen atoms in total. The molecular weight excluding hydrogens is 400 g/mol. The van der Waals surface area contributed by atoms with Crippen molar-refractivity contribution in [3.8, 4) is 5.75 Å². The topological polar surface area (TPSA) is 65.7 Å². The van der Waals surface area contributed by atoms with Gasteiger partial charge in [0.05, 0.1) is 5.56 Å². The fourth-order valence-electron chi connectivity index (χ4n) is 2.16. The maximum Gasteiger partial charge on any atom is 0.338 e. The Morgan fingerprint density at radius 2 is 1.73 bits per heavy atom. The molecule has 0 aliphatic rings. The van der Waals surface area contributed by atoms with E-state index < -0.39 is 5.97 Å². The minimum Gasteiger partial charge on any atom is -0.482 e. The van der Waals surface area contributed by atoms with Crippen LogP contribution in [0.4, 0.5) is 0 Å². The second-order valence-electron chi connectivity index (χ2n) is 5.43. The summed E-state index contributed by atoms with van der Waals surface area (Å²) in [5.74, 6) is -0.145. The van der Waals surface area contributed by atoms with Gasteiger partial charge in [0.15, 0.2) is 0 Å². The third-order valence-electron chi connectivity index (χ3n) is 3.51. The monoisotopic (exact) mass is 414 g/mol. The maximum atomic E-state index is 12.1. The van der Waals surface area contributed by atoms with Crippen LogP contribution < -0.4 is 10.2 Å². The van der Waals surface area contributed by atoms with E-state index in [4.69, 9.17) is 13.9 Å². The minimum absolute atomic E-state index is 0.108. The number of halogens is 1. The van der Waals surface area contributed by atoms with Gasteiger partial charge in [-0.1, -0.05) is 46.3 Å². The van der Waals surface area contributed by atoms with Gasteiger partial charge in [0.25, 0.3) is 0 Å². The molecule has 6 heteroatoms. The lowest BCUT2D eigenvalue weighted by atomic mass is 10.2. The average molecular weight is 415 g/mol. The lowest BCUT2D eigenvalue weighted by molar-refractivity contribution is 0.0442. The van der Waals surface area contributed by atoms with E-state index >= 15 is 0 Å². The van der Waals surface area contributed by atoms with E-state index in [1.807, 2.05) is 30.3 Å². The molecular formula is C20H15BrO5. The molecule has 26 heavy (non-hydrogen) atoms. The van der Waals surface area contributed by atoms with Crippen molar-refractivity contribution in [3.05, 3.63) is 98.5 Å². The Kier molecular flexibility index (Phi) is 5.86. The van der Waals surface area contributed by atoms with Gasteiger partial charge in [0.1, 0.15) is 25.2 Å². The summed E-state index contributed by atoms with van der Waals surface area (Å²) in [5.41, 5.74) is 1.03. The zero-order valence-corrected chi connectivity index (χ0v) is 15.3. The molecule has 132 valence electrons. The van der Waals surface area contributed by atoms with E-state index in [2.05, 4.69) is 15.9 Å². The maximum absolute atomic E-state index is 12.1. The summed E-state index contributed by atoms with van der Waals surface area (Å²) in [6.07, 6.45) is 1.23. The van der Waals surface area contributed by atoms with Crippen molar-refractivity contribution < 1.29 is 18.7 Å². The molecule has 0 amide bonds. The normalized spacial score (nSPS) is 10.3. The van der Waals surface area contributed by atoms with Crippen LogP contribution in [0.25, 0.3) is 0 Å². The molecule has 0 N–H and O–H groups in total. The second kappa shape index (κ2) is 8.49. The molecule has 3 rings (SSSR count). The van der Waals surface area contributed by atoms with Crippen molar-refractivity contribution in [3.63, 3.8) is 0 Å². The third-order valence-corrected chi connectivity index (χ3v) is 4.04. The highest BCUT2D eigenvalue weighted by Gasteiger charge is 2.10. The van der Waals surface area contributed by atoms with Crippen LogP contribution in [0.2, 0.25) is 0 Å².